The minimum atomic E-state index is -0.932. The number of rotatable bonds is 2. The molecule has 0 saturated carbocycles. The molecule has 1 N–H and O–H groups in total. The number of hydrogen-bond acceptors (Lipinski definition) is 3. The lowest BCUT2D eigenvalue weighted by Crippen LogP contribution is -2.30. The Morgan fingerprint density at radius 2 is 2.12 bits per heavy atom. The molecule has 17 heavy (non-hydrogen) atoms. The average Bonchev–Trinajstić information content (AvgIpc) is 2.53. The Morgan fingerprint density at radius 1 is 1.41 bits per heavy atom. The molecule has 1 saturated heterocycles. The highest BCUT2D eigenvalue weighted by Gasteiger charge is 2.20. The van der Waals surface area contributed by atoms with E-state index in [1.165, 1.54) is 4.90 Å². The highest BCUT2D eigenvalue weighted by atomic mass is 35.5. The van der Waals surface area contributed by atoms with Crippen LogP contribution in [0.3, 0.4) is 0 Å². The summed E-state index contributed by atoms with van der Waals surface area (Å²) in [6.07, 6.45) is 0.876. The van der Waals surface area contributed by atoms with Gasteiger partial charge < -0.3 is 14.7 Å². The first-order valence-corrected chi connectivity index (χ1v) is 5.96. The van der Waals surface area contributed by atoms with Crippen molar-refractivity contribution in [1.82, 2.24) is 4.90 Å². The summed E-state index contributed by atoms with van der Waals surface area (Å²) in [6.45, 7) is 2.85. The molecule has 1 rings (SSSR count). The molecule has 1 heterocycles. The number of carbonyl (C=O) groups is 2. The number of esters is 1. The molecular formula is C11H16ClNO4. The SMILES string of the molecule is CCOC(=O)C(Cl)=C1CCCN(C(=O)O)CC1. The molecule has 0 unspecified atom stereocenters. The van der Waals surface area contributed by atoms with Crippen LogP contribution in [0.15, 0.2) is 10.6 Å². The van der Waals surface area contributed by atoms with Gasteiger partial charge >= 0.3 is 12.1 Å². The summed E-state index contributed by atoms with van der Waals surface area (Å²) in [4.78, 5) is 23.6. The van der Waals surface area contributed by atoms with Gasteiger partial charge in [-0.05, 0) is 31.8 Å². The Balaban J connectivity index is 2.70. The second-order valence-electron chi connectivity index (χ2n) is 3.76. The van der Waals surface area contributed by atoms with Crippen molar-refractivity contribution < 1.29 is 19.4 Å². The van der Waals surface area contributed by atoms with Gasteiger partial charge in [0, 0.05) is 13.1 Å². The van der Waals surface area contributed by atoms with Crippen molar-refractivity contribution in [3.05, 3.63) is 10.6 Å². The number of amides is 1. The van der Waals surface area contributed by atoms with Gasteiger partial charge in [0.15, 0.2) is 0 Å². The minimum absolute atomic E-state index is 0.110. The van der Waals surface area contributed by atoms with E-state index in [0.717, 1.165) is 5.57 Å². The zero-order valence-corrected chi connectivity index (χ0v) is 10.5. The van der Waals surface area contributed by atoms with Gasteiger partial charge in [-0.15, -0.1) is 0 Å². The van der Waals surface area contributed by atoms with Crippen LogP contribution in [0.1, 0.15) is 26.2 Å². The molecule has 0 radical (unpaired) electrons. The number of likely N-dealkylation sites (tertiary alicyclic amines) is 1. The van der Waals surface area contributed by atoms with Gasteiger partial charge in [0.25, 0.3) is 0 Å². The third-order valence-electron chi connectivity index (χ3n) is 2.63. The predicted octanol–water partition coefficient (Wildman–Crippen LogP) is 2.21. The molecule has 0 aromatic carbocycles. The number of ether oxygens (including phenoxy) is 1. The maximum absolute atomic E-state index is 11.4. The summed E-state index contributed by atoms with van der Waals surface area (Å²) in [5.74, 6) is -0.520. The van der Waals surface area contributed by atoms with Crippen molar-refractivity contribution in [3.8, 4) is 0 Å². The first kappa shape index (κ1) is 13.8. The highest BCUT2D eigenvalue weighted by molar-refractivity contribution is 6.41. The van der Waals surface area contributed by atoms with E-state index >= 15 is 0 Å². The number of carbonyl (C=O) groups excluding carboxylic acids is 1. The van der Waals surface area contributed by atoms with Crippen LogP contribution < -0.4 is 0 Å². The van der Waals surface area contributed by atoms with Crippen LogP contribution in [0.25, 0.3) is 0 Å². The van der Waals surface area contributed by atoms with E-state index < -0.39 is 12.1 Å². The monoisotopic (exact) mass is 261 g/mol. The van der Waals surface area contributed by atoms with Crippen molar-refractivity contribution in [2.75, 3.05) is 19.7 Å². The smallest absolute Gasteiger partial charge is 0.407 e. The van der Waals surface area contributed by atoms with Crippen LogP contribution in [-0.4, -0.2) is 41.8 Å². The maximum Gasteiger partial charge on any atom is 0.407 e. The standard InChI is InChI=1S/C11H16ClNO4/c1-2-17-10(14)9(12)8-4-3-6-13(7-5-8)11(15)16/h2-7H2,1H3,(H,15,16). The predicted molar refractivity (Wildman–Crippen MR) is 63.0 cm³/mol. The Bertz CT molecular complexity index is 340. The van der Waals surface area contributed by atoms with E-state index in [0.29, 0.717) is 32.4 Å². The third kappa shape index (κ3) is 3.93. The molecule has 1 amide bonds. The van der Waals surface area contributed by atoms with Crippen molar-refractivity contribution >= 4 is 23.7 Å². The van der Waals surface area contributed by atoms with Crippen molar-refractivity contribution in [2.45, 2.75) is 26.2 Å². The second kappa shape index (κ2) is 6.49. The first-order chi connectivity index (χ1) is 8.06. The molecule has 0 atom stereocenters. The van der Waals surface area contributed by atoms with E-state index in [1.807, 2.05) is 0 Å². The molecule has 0 spiro atoms. The molecule has 1 fully saturated rings. The Labute approximate surface area is 105 Å². The fourth-order valence-electron chi connectivity index (χ4n) is 1.74. The van der Waals surface area contributed by atoms with Crippen LogP contribution in [-0.2, 0) is 9.53 Å². The largest absolute Gasteiger partial charge is 0.465 e. The number of hydrogen-bond donors (Lipinski definition) is 1. The third-order valence-corrected chi connectivity index (χ3v) is 3.05. The van der Waals surface area contributed by atoms with E-state index in [2.05, 4.69) is 0 Å². The van der Waals surface area contributed by atoms with Gasteiger partial charge in [-0.25, -0.2) is 9.59 Å². The molecule has 0 aromatic rings. The molecule has 1 aliphatic rings. The van der Waals surface area contributed by atoms with Gasteiger partial charge in [0.2, 0.25) is 0 Å². The first-order valence-electron chi connectivity index (χ1n) is 5.58. The van der Waals surface area contributed by atoms with Crippen LogP contribution in [0.2, 0.25) is 0 Å². The normalized spacial score (nSPS) is 19.5. The highest BCUT2D eigenvalue weighted by Crippen LogP contribution is 2.23. The summed E-state index contributed by atoms with van der Waals surface area (Å²) in [5.41, 5.74) is 0.786. The fraction of sp³-hybridized carbons (Fsp3) is 0.636. The lowest BCUT2D eigenvalue weighted by atomic mass is 10.1. The van der Waals surface area contributed by atoms with Gasteiger partial charge in [-0.2, -0.15) is 0 Å². The van der Waals surface area contributed by atoms with E-state index in [-0.39, 0.29) is 11.6 Å². The minimum Gasteiger partial charge on any atom is -0.465 e. The molecule has 6 heteroatoms. The van der Waals surface area contributed by atoms with E-state index in [9.17, 15) is 9.59 Å². The molecule has 0 bridgehead atoms. The second-order valence-corrected chi connectivity index (χ2v) is 4.14. The van der Waals surface area contributed by atoms with Gasteiger partial charge in [-0.3, -0.25) is 0 Å². The Kier molecular flexibility index (Phi) is 5.28. The topological polar surface area (TPSA) is 66.8 Å². The zero-order valence-electron chi connectivity index (χ0n) is 9.74. The summed E-state index contributed by atoms with van der Waals surface area (Å²) >= 11 is 5.93. The van der Waals surface area contributed by atoms with Crippen LogP contribution in [0.4, 0.5) is 4.79 Å². The van der Waals surface area contributed by atoms with Crippen LogP contribution in [0.5, 0.6) is 0 Å². The Hall–Kier alpha value is -1.23. The molecule has 96 valence electrons. The van der Waals surface area contributed by atoms with E-state index in [1.54, 1.807) is 6.92 Å². The summed E-state index contributed by atoms with van der Waals surface area (Å²) in [5, 5.41) is 8.98. The number of carboxylic acid groups (broad SMARTS) is 1. The maximum atomic E-state index is 11.4. The zero-order chi connectivity index (χ0) is 12.8. The molecule has 1 aliphatic heterocycles. The van der Waals surface area contributed by atoms with Gasteiger partial charge in [0.05, 0.1) is 6.61 Å². The quantitative estimate of drug-likeness (QED) is 0.611. The summed E-state index contributed by atoms with van der Waals surface area (Å²) in [6, 6.07) is 0. The molecular weight excluding hydrogens is 246 g/mol. The molecule has 0 aromatic heterocycles. The number of halogens is 1. The van der Waals surface area contributed by atoms with Crippen molar-refractivity contribution in [2.24, 2.45) is 0 Å². The van der Waals surface area contributed by atoms with Crippen molar-refractivity contribution in [3.63, 3.8) is 0 Å². The average molecular weight is 262 g/mol. The van der Waals surface area contributed by atoms with Crippen molar-refractivity contribution in [1.29, 1.82) is 0 Å². The van der Waals surface area contributed by atoms with E-state index in [4.69, 9.17) is 21.4 Å². The van der Waals surface area contributed by atoms with Crippen LogP contribution >= 0.6 is 11.6 Å². The molecule has 5 nitrogen and oxygen atoms in total. The summed E-state index contributed by atoms with van der Waals surface area (Å²) < 4.78 is 4.81. The fourth-order valence-corrected chi connectivity index (χ4v) is 1.98. The summed E-state index contributed by atoms with van der Waals surface area (Å²) in [7, 11) is 0. The van der Waals surface area contributed by atoms with Gasteiger partial charge in [-0.1, -0.05) is 11.6 Å². The molecule has 0 aliphatic carbocycles. The Morgan fingerprint density at radius 3 is 2.71 bits per heavy atom. The van der Waals surface area contributed by atoms with Gasteiger partial charge in [0.1, 0.15) is 5.03 Å². The lowest BCUT2D eigenvalue weighted by molar-refractivity contribution is -0.137. The van der Waals surface area contributed by atoms with Crippen LogP contribution in [0, 0.1) is 0 Å². The number of nitrogens with zero attached hydrogens (tertiary/aromatic N) is 1. The lowest BCUT2D eigenvalue weighted by Gasteiger charge is -2.15.